The van der Waals surface area contributed by atoms with Crippen LogP contribution in [-0.2, 0) is 5.33 Å². The number of aryl methyl sites for hydroxylation is 1. The van der Waals surface area contributed by atoms with Crippen molar-refractivity contribution in [2.24, 2.45) is 0 Å². The minimum absolute atomic E-state index is 0.00521. The molecule has 0 heterocycles. The van der Waals surface area contributed by atoms with Crippen molar-refractivity contribution in [1.82, 2.24) is 0 Å². The summed E-state index contributed by atoms with van der Waals surface area (Å²) in [5.74, 6) is -1.10. The molecule has 0 aliphatic heterocycles. The molecule has 1 aromatic carbocycles. The van der Waals surface area contributed by atoms with Crippen molar-refractivity contribution in [2.75, 3.05) is 0 Å². The van der Waals surface area contributed by atoms with Crippen LogP contribution in [0, 0.1) is 6.92 Å². The first kappa shape index (κ1) is 12.9. The van der Waals surface area contributed by atoms with Gasteiger partial charge in [-0.3, -0.25) is 0 Å². The minimum Gasteiger partial charge on any atom is -0.478 e. The fourth-order valence-electron chi connectivity index (χ4n) is 1.27. The third-order valence-electron chi connectivity index (χ3n) is 2.00. The van der Waals surface area contributed by atoms with Gasteiger partial charge in [0, 0.05) is 10.9 Å². The first-order chi connectivity index (χ1) is 7.45. The van der Waals surface area contributed by atoms with Crippen LogP contribution in [0.15, 0.2) is 12.1 Å². The smallest absolute Gasteiger partial charge is 0.387 e. The summed E-state index contributed by atoms with van der Waals surface area (Å²) in [5.41, 5.74) is 0.840. The lowest BCUT2D eigenvalue weighted by atomic mass is 10.0. The van der Waals surface area contributed by atoms with Crippen LogP contribution in [0.5, 0.6) is 5.75 Å². The number of ether oxygens (including phenoxy) is 1. The second-order valence-corrected chi connectivity index (χ2v) is 3.65. The van der Waals surface area contributed by atoms with Crippen LogP contribution in [-0.4, -0.2) is 17.7 Å². The number of benzene rings is 1. The van der Waals surface area contributed by atoms with Gasteiger partial charge in [0.1, 0.15) is 5.75 Å². The molecule has 1 rings (SSSR count). The number of hydrogen-bond donors (Lipinski definition) is 1. The van der Waals surface area contributed by atoms with Crippen molar-refractivity contribution in [3.05, 3.63) is 28.8 Å². The summed E-state index contributed by atoms with van der Waals surface area (Å²) in [6.07, 6.45) is 0. The van der Waals surface area contributed by atoms with Crippen molar-refractivity contribution in [3.8, 4) is 5.75 Å². The van der Waals surface area contributed by atoms with Gasteiger partial charge in [-0.25, -0.2) is 4.79 Å². The Kier molecular flexibility index (Phi) is 4.23. The monoisotopic (exact) mass is 294 g/mol. The zero-order chi connectivity index (χ0) is 12.3. The van der Waals surface area contributed by atoms with Crippen LogP contribution in [0.1, 0.15) is 21.5 Å². The Bertz CT molecular complexity index is 407. The summed E-state index contributed by atoms with van der Waals surface area (Å²) in [4.78, 5) is 10.8. The molecular weight excluding hydrogens is 286 g/mol. The summed E-state index contributed by atoms with van der Waals surface area (Å²) in [7, 11) is 0. The zero-order valence-corrected chi connectivity index (χ0v) is 9.92. The molecule has 0 amide bonds. The Morgan fingerprint density at radius 2 is 2.19 bits per heavy atom. The Morgan fingerprint density at radius 1 is 1.56 bits per heavy atom. The molecule has 0 spiro atoms. The summed E-state index contributed by atoms with van der Waals surface area (Å²) in [5, 5.41) is 9.10. The molecular formula is C10H9BrF2O3. The molecule has 1 aromatic rings. The zero-order valence-electron chi connectivity index (χ0n) is 8.34. The van der Waals surface area contributed by atoms with E-state index in [4.69, 9.17) is 5.11 Å². The van der Waals surface area contributed by atoms with Gasteiger partial charge in [-0.05, 0) is 24.6 Å². The van der Waals surface area contributed by atoms with Gasteiger partial charge in [0.2, 0.25) is 0 Å². The normalized spacial score (nSPS) is 10.6. The van der Waals surface area contributed by atoms with Gasteiger partial charge in [-0.15, -0.1) is 0 Å². The molecule has 0 aliphatic rings. The number of carboxylic acids is 1. The van der Waals surface area contributed by atoms with Crippen LogP contribution in [0.3, 0.4) is 0 Å². The predicted molar refractivity (Wildman–Crippen MR) is 57.4 cm³/mol. The van der Waals surface area contributed by atoms with Gasteiger partial charge < -0.3 is 9.84 Å². The molecule has 1 N–H and O–H groups in total. The van der Waals surface area contributed by atoms with Crippen molar-refractivity contribution in [2.45, 2.75) is 18.9 Å². The topological polar surface area (TPSA) is 46.5 Å². The first-order valence-corrected chi connectivity index (χ1v) is 5.45. The second kappa shape index (κ2) is 5.25. The SMILES string of the molecule is Cc1cc(OC(F)F)c(CBr)cc1C(=O)O. The van der Waals surface area contributed by atoms with E-state index in [0.717, 1.165) is 0 Å². The highest BCUT2D eigenvalue weighted by Crippen LogP contribution is 2.27. The quantitative estimate of drug-likeness (QED) is 0.868. The summed E-state index contributed by atoms with van der Waals surface area (Å²) < 4.78 is 28.4. The number of aromatic carboxylic acids is 1. The van der Waals surface area contributed by atoms with E-state index in [-0.39, 0.29) is 16.6 Å². The predicted octanol–water partition coefficient (Wildman–Crippen LogP) is 3.19. The van der Waals surface area contributed by atoms with Crippen LogP contribution in [0.2, 0.25) is 0 Å². The molecule has 0 atom stereocenters. The van der Waals surface area contributed by atoms with Gasteiger partial charge in [0.25, 0.3) is 0 Å². The van der Waals surface area contributed by atoms with E-state index in [1.165, 1.54) is 19.1 Å². The van der Waals surface area contributed by atoms with E-state index in [1.807, 2.05) is 0 Å². The van der Waals surface area contributed by atoms with Crippen LogP contribution in [0.4, 0.5) is 8.78 Å². The molecule has 0 saturated carbocycles. The first-order valence-electron chi connectivity index (χ1n) is 4.33. The highest BCUT2D eigenvalue weighted by atomic mass is 79.9. The fourth-order valence-corrected chi connectivity index (χ4v) is 1.71. The van der Waals surface area contributed by atoms with Crippen molar-refractivity contribution in [3.63, 3.8) is 0 Å². The van der Waals surface area contributed by atoms with Gasteiger partial charge in [-0.1, -0.05) is 15.9 Å². The standard InChI is InChI=1S/C10H9BrF2O3/c1-5-2-8(16-10(12)13)6(4-11)3-7(5)9(14)15/h2-3,10H,4H2,1H3,(H,14,15). The van der Waals surface area contributed by atoms with Gasteiger partial charge in [0.15, 0.2) is 0 Å². The van der Waals surface area contributed by atoms with E-state index in [2.05, 4.69) is 20.7 Å². The highest BCUT2D eigenvalue weighted by Gasteiger charge is 2.15. The number of carboxylic acid groups (broad SMARTS) is 1. The maximum Gasteiger partial charge on any atom is 0.387 e. The average molecular weight is 295 g/mol. The molecule has 0 bridgehead atoms. The lowest BCUT2D eigenvalue weighted by Crippen LogP contribution is -2.07. The molecule has 88 valence electrons. The largest absolute Gasteiger partial charge is 0.478 e. The maximum absolute atomic E-state index is 12.1. The van der Waals surface area contributed by atoms with Crippen molar-refractivity contribution in [1.29, 1.82) is 0 Å². The Labute approximate surface area is 99.2 Å². The van der Waals surface area contributed by atoms with E-state index < -0.39 is 12.6 Å². The number of halogens is 3. The van der Waals surface area contributed by atoms with E-state index in [9.17, 15) is 13.6 Å². The Hall–Kier alpha value is -1.17. The van der Waals surface area contributed by atoms with Crippen LogP contribution in [0.25, 0.3) is 0 Å². The molecule has 0 saturated heterocycles. The molecule has 16 heavy (non-hydrogen) atoms. The van der Waals surface area contributed by atoms with Crippen LogP contribution >= 0.6 is 15.9 Å². The van der Waals surface area contributed by atoms with Crippen LogP contribution < -0.4 is 4.74 Å². The summed E-state index contributed by atoms with van der Waals surface area (Å²) in [6, 6.07) is 2.62. The number of hydrogen-bond acceptors (Lipinski definition) is 2. The molecule has 0 aromatic heterocycles. The maximum atomic E-state index is 12.1. The molecule has 0 unspecified atom stereocenters. The van der Waals surface area contributed by atoms with Gasteiger partial charge >= 0.3 is 12.6 Å². The van der Waals surface area contributed by atoms with Crippen molar-refractivity contribution < 1.29 is 23.4 Å². The molecule has 0 aliphatic carbocycles. The molecule has 3 nitrogen and oxygen atoms in total. The van der Waals surface area contributed by atoms with Gasteiger partial charge in [0.05, 0.1) is 5.56 Å². The van der Waals surface area contributed by atoms with E-state index in [0.29, 0.717) is 11.1 Å². The lowest BCUT2D eigenvalue weighted by Gasteiger charge is -2.11. The molecule has 6 heteroatoms. The second-order valence-electron chi connectivity index (χ2n) is 3.09. The number of rotatable bonds is 4. The Morgan fingerprint density at radius 3 is 2.62 bits per heavy atom. The number of alkyl halides is 3. The van der Waals surface area contributed by atoms with E-state index in [1.54, 1.807) is 0 Å². The molecule has 0 radical (unpaired) electrons. The number of carbonyl (C=O) groups is 1. The molecule has 0 fully saturated rings. The fraction of sp³-hybridized carbons (Fsp3) is 0.300. The Balaban J connectivity index is 3.21. The minimum atomic E-state index is -2.92. The third kappa shape index (κ3) is 2.91. The van der Waals surface area contributed by atoms with E-state index >= 15 is 0 Å². The van der Waals surface area contributed by atoms with Gasteiger partial charge in [-0.2, -0.15) is 8.78 Å². The summed E-state index contributed by atoms with van der Waals surface area (Å²) in [6.45, 7) is -1.40. The van der Waals surface area contributed by atoms with Crippen molar-refractivity contribution >= 4 is 21.9 Å². The summed E-state index contributed by atoms with van der Waals surface area (Å²) >= 11 is 3.09. The highest BCUT2D eigenvalue weighted by molar-refractivity contribution is 9.08. The third-order valence-corrected chi connectivity index (χ3v) is 2.60. The average Bonchev–Trinajstić information content (AvgIpc) is 2.16. The lowest BCUT2D eigenvalue weighted by molar-refractivity contribution is -0.0503.